The third kappa shape index (κ3) is 3.18. The zero-order valence-corrected chi connectivity index (χ0v) is 20.0. The summed E-state index contributed by atoms with van der Waals surface area (Å²) in [7, 11) is 3.70. The number of anilines is 1. The van der Waals surface area contributed by atoms with Crippen LogP contribution in [0.15, 0.2) is 53.5 Å². The van der Waals surface area contributed by atoms with E-state index in [0.717, 1.165) is 33.5 Å². The van der Waals surface area contributed by atoms with Crippen molar-refractivity contribution in [1.82, 2.24) is 0 Å². The molecule has 0 saturated heterocycles. The Labute approximate surface area is 198 Å². The van der Waals surface area contributed by atoms with Crippen LogP contribution in [0.3, 0.4) is 0 Å². The molecule has 2 aliphatic heterocycles. The highest BCUT2D eigenvalue weighted by molar-refractivity contribution is 6.00. The summed E-state index contributed by atoms with van der Waals surface area (Å²) in [4.78, 5) is 18.7. The Hall–Kier alpha value is -3.74. The fourth-order valence-corrected chi connectivity index (χ4v) is 4.93. The first-order chi connectivity index (χ1) is 16.3. The Morgan fingerprint density at radius 1 is 1.09 bits per heavy atom. The number of aliphatic imine (C=N–C) groups is 1. The maximum absolute atomic E-state index is 11.7. The van der Waals surface area contributed by atoms with E-state index in [0.29, 0.717) is 18.1 Å². The molecule has 0 aromatic heterocycles. The van der Waals surface area contributed by atoms with Crippen LogP contribution in [0.5, 0.6) is 17.2 Å². The van der Waals surface area contributed by atoms with Gasteiger partial charge in [-0.25, -0.2) is 4.79 Å². The SMILES string of the molecule is CCOC(=O)COc1ccc2ccc3c(c2c1)N=CC1(O3)N(C)c2ccc(OC)cc2C1(C)C. The predicted molar refractivity (Wildman–Crippen MR) is 132 cm³/mol. The van der Waals surface area contributed by atoms with Crippen molar-refractivity contribution in [3.63, 3.8) is 0 Å². The van der Waals surface area contributed by atoms with Crippen molar-refractivity contribution >= 4 is 34.3 Å². The van der Waals surface area contributed by atoms with Crippen molar-refractivity contribution in [3.8, 4) is 17.2 Å². The summed E-state index contributed by atoms with van der Waals surface area (Å²) in [6.07, 6.45) is 1.90. The minimum atomic E-state index is -0.791. The van der Waals surface area contributed by atoms with Gasteiger partial charge in [0.1, 0.15) is 22.9 Å². The number of esters is 1. The van der Waals surface area contributed by atoms with Crippen LogP contribution in [0.2, 0.25) is 0 Å². The molecule has 0 amide bonds. The second kappa shape index (κ2) is 7.94. The van der Waals surface area contributed by atoms with E-state index in [1.807, 2.05) is 49.7 Å². The molecular weight excluding hydrogens is 432 g/mol. The normalized spacial score (nSPS) is 19.5. The number of ether oxygens (including phenoxy) is 4. The molecule has 0 radical (unpaired) electrons. The smallest absolute Gasteiger partial charge is 0.344 e. The molecule has 176 valence electrons. The van der Waals surface area contributed by atoms with Crippen molar-refractivity contribution in [2.45, 2.75) is 31.9 Å². The lowest BCUT2D eigenvalue weighted by atomic mass is 9.77. The number of benzene rings is 3. The molecule has 5 rings (SSSR count). The van der Waals surface area contributed by atoms with Crippen molar-refractivity contribution < 1.29 is 23.7 Å². The molecule has 0 N–H and O–H groups in total. The van der Waals surface area contributed by atoms with Crippen LogP contribution in [0.1, 0.15) is 26.3 Å². The molecule has 1 unspecified atom stereocenters. The fraction of sp³-hybridized carbons (Fsp3) is 0.333. The second-order valence-electron chi connectivity index (χ2n) is 9.01. The summed E-state index contributed by atoms with van der Waals surface area (Å²) < 4.78 is 22.8. The van der Waals surface area contributed by atoms with Gasteiger partial charge in [0.25, 0.3) is 0 Å². The molecule has 2 aliphatic rings. The van der Waals surface area contributed by atoms with Crippen LogP contribution in [-0.4, -0.2) is 45.3 Å². The van der Waals surface area contributed by atoms with Crippen LogP contribution in [-0.2, 0) is 14.9 Å². The molecular formula is C27H28N2O5. The van der Waals surface area contributed by atoms with Gasteiger partial charge in [-0.05, 0) is 68.1 Å². The summed E-state index contributed by atoms with van der Waals surface area (Å²) in [5.74, 6) is 1.68. The van der Waals surface area contributed by atoms with Crippen LogP contribution in [0.25, 0.3) is 10.8 Å². The van der Waals surface area contributed by atoms with Crippen LogP contribution < -0.4 is 19.1 Å². The minimum absolute atomic E-state index is 0.141. The highest BCUT2D eigenvalue weighted by Gasteiger charge is 2.58. The summed E-state index contributed by atoms with van der Waals surface area (Å²) in [6.45, 7) is 6.27. The average molecular weight is 461 g/mol. The maximum atomic E-state index is 11.7. The van der Waals surface area contributed by atoms with Crippen molar-refractivity contribution in [1.29, 1.82) is 0 Å². The van der Waals surface area contributed by atoms with Crippen LogP contribution in [0, 0.1) is 0 Å². The number of carbonyl (C=O) groups is 1. The number of nitrogens with zero attached hydrogens (tertiary/aromatic N) is 2. The molecule has 7 heteroatoms. The topological polar surface area (TPSA) is 69.6 Å². The standard InChI is InChI=1S/C27H28N2O5/c1-6-32-24(30)15-33-19-9-7-17-8-12-23-25(20(17)13-19)28-16-27(34-23)26(2,3)21-14-18(31-5)10-11-22(21)29(27)4/h7-14,16H,6,15H2,1-5H3. The lowest BCUT2D eigenvalue weighted by molar-refractivity contribution is -0.145. The first-order valence-electron chi connectivity index (χ1n) is 11.3. The van der Waals surface area contributed by atoms with E-state index in [4.69, 9.17) is 23.9 Å². The molecule has 7 nitrogen and oxygen atoms in total. The van der Waals surface area contributed by atoms with E-state index < -0.39 is 17.1 Å². The molecule has 3 aromatic rings. The minimum Gasteiger partial charge on any atom is -0.497 e. The highest BCUT2D eigenvalue weighted by atomic mass is 16.6. The number of carbonyl (C=O) groups excluding carboxylic acids is 1. The third-order valence-corrected chi connectivity index (χ3v) is 6.86. The Kier molecular flexibility index (Phi) is 5.15. The molecule has 0 fully saturated rings. The van der Waals surface area contributed by atoms with Crippen LogP contribution >= 0.6 is 0 Å². The van der Waals surface area contributed by atoms with Gasteiger partial charge < -0.3 is 23.8 Å². The predicted octanol–water partition coefficient (Wildman–Crippen LogP) is 5.01. The van der Waals surface area contributed by atoms with E-state index in [1.54, 1.807) is 14.0 Å². The van der Waals surface area contributed by atoms with E-state index in [9.17, 15) is 4.79 Å². The number of hydrogen-bond acceptors (Lipinski definition) is 7. The zero-order chi connectivity index (χ0) is 24.1. The summed E-state index contributed by atoms with van der Waals surface area (Å²) in [6, 6.07) is 15.7. The first kappa shape index (κ1) is 22.1. The molecule has 34 heavy (non-hydrogen) atoms. The van der Waals surface area contributed by atoms with Crippen molar-refractivity contribution in [2.24, 2.45) is 4.99 Å². The Balaban J connectivity index is 1.53. The van der Waals surface area contributed by atoms with E-state index in [-0.39, 0.29) is 6.61 Å². The quantitative estimate of drug-likeness (QED) is 0.499. The average Bonchev–Trinajstić information content (AvgIpc) is 3.00. The monoisotopic (exact) mass is 460 g/mol. The molecule has 2 heterocycles. The summed E-state index contributed by atoms with van der Waals surface area (Å²) >= 11 is 0. The van der Waals surface area contributed by atoms with Gasteiger partial charge in [0.05, 0.1) is 25.3 Å². The third-order valence-electron chi connectivity index (χ3n) is 6.86. The maximum Gasteiger partial charge on any atom is 0.344 e. The summed E-state index contributed by atoms with van der Waals surface area (Å²) in [5.41, 5.74) is 1.77. The molecule has 0 aliphatic carbocycles. The van der Waals surface area contributed by atoms with E-state index in [1.165, 1.54) is 0 Å². The highest BCUT2D eigenvalue weighted by Crippen LogP contribution is 2.54. The van der Waals surface area contributed by atoms with Gasteiger partial charge >= 0.3 is 5.97 Å². The largest absolute Gasteiger partial charge is 0.497 e. The van der Waals surface area contributed by atoms with Gasteiger partial charge in [-0.1, -0.05) is 12.1 Å². The molecule has 1 atom stereocenters. The number of rotatable bonds is 5. The first-order valence-corrected chi connectivity index (χ1v) is 11.3. The van der Waals surface area contributed by atoms with Gasteiger partial charge in [0.2, 0.25) is 5.72 Å². The lowest BCUT2D eigenvalue weighted by Gasteiger charge is -2.45. The molecule has 1 spiro atoms. The van der Waals surface area contributed by atoms with Crippen molar-refractivity contribution in [3.05, 3.63) is 54.1 Å². The van der Waals surface area contributed by atoms with Gasteiger partial charge in [0, 0.05) is 18.1 Å². The number of fused-ring (bicyclic) bond motifs is 4. The van der Waals surface area contributed by atoms with Gasteiger partial charge in [-0.3, -0.25) is 4.99 Å². The number of hydrogen-bond donors (Lipinski definition) is 0. The zero-order valence-electron chi connectivity index (χ0n) is 20.0. The summed E-state index contributed by atoms with van der Waals surface area (Å²) in [5, 5.41) is 1.90. The number of methoxy groups -OCH3 is 1. The second-order valence-corrected chi connectivity index (χ2v) is 9.01. The van der Waals surface area contributed by atoms with Gasteiger partial charge in [-0.15, -0.1) is 0 Å². The van der Waals surface area contributed by atoms with Gasteiger partial charge in [0.15, 0.2) is 6.61 Å². The number of likely N-dealkylation sites (N-methyl/N-ethyl adjacent to an activating group) is 1. The fourth-order valence-electron chi connectivity index (χ4n) is 4.93. The molecule has 0 bridgehead atoms. The van der Waals surface area contributed by atoms with Crippen molar-refractivity contribution in [2.75, 3.05) is 32.3 Å². The molecule has 3 aromatic carbocycles. The van der Waals surface area contributed by atoms with E-state index >= 15 is 0 Å². The Bertz CT molecular complexity index is 1320. The lowest BCUT2D eigenvalue weighted by Crippen LogP contribution is -2.61. The van der Waals surface area contributed by atoms with Gasteiger partial charge in [-0.2, -0.15) is 0 Å². The van der Waals surface area contributed by atoms with Crippen LogP contribution in [0.4, 0.5) is 11.4 Å². The Morgan fingerprint density at radius 2 is 1.85 bits per heavy atom. The Morgan fingerprint density at radius 3 is 2.62 bits per heavy atom. The van der Waals surface area contributed by atoms with E-state index in [2.05, 4.69) is 30.9 Å². The molecule has 0 saturated carbocycles.